The molecule has 1 amide bonds. The Morgan fingerprint density at radius 2 is 1.91 bits per heavy atom. The fourth-order valence-electron chi connectivity index (χ4n) is 2.65. The first-order valence-electron chi connectivity index (χ1n) is 7.48. The standard InChI is InChI=1S/C16H20ClF3N2O/c1-15(2)10-22(21-14(15)23)13(16(18,19)20)5-3-4-11-6-8-12(17)9-7-11/h6-9,13H,3-5,10H2,1-2H3,(H,21,23). The number of carbonyl (C=O) groups is 1. The third-order valence-corrected chi connectivity index (χ3v) is 4.29. The van der Waals surface area contributed by atoms with Crippen molar-refractivity contribution in [3.8, 4) is 0 Å². The maximum Gasteiger partial charge on any atom is 0.405 e. The van der Waals surface area contributed by atoms with Crippen molar-refractivity contribution < 1.29 is 18.0 Å². The number of nitrogens with one attached hydrogen (secondary N) is 1. The van der Waals surface area contributed by atoms with Crippen molar-refractivity contribution in [2.24, 2.45) is 5.41 Å². The highest BCUT2D eigenvalue weighted by Crippen LogP contribution is 2.33. The number of halogens is 4. The van der Waals surface area contributed by atoms with E-state index in [1.807, 2.05) is 12.1 Å². The van der Waals surface area contributed by atoms with Crippen molar-refractivity contribution >= 4 is 17.5 Å². The molecule has 0 aromatic heterocycles. The molecule has 1 N–H and O–H groups in total. The number of amides is 1. The van der Waals surface area contributed by atoms with Crippen LogP contribution in [0, 0.1) is 5.41 Å². The molecule has 1 aliphatic heterocycles. The van der Waals surface area contributed by atoms with Gasteiger partial charge >= 0.3 is 6.18 Å². The highest BCUT2D eigenvalue weighted by molar-refractivity contribution is 6.30. The van der Waals surface area contributed by atoms with E-state index in [1.54, 1.807) is 26.0 Å². The molecule has 128 valence electrons. The van der Waals surface area contributed by atoms with Gasteiger partial charge in [-0.15, -0.1) is 0 Å². The zero-order valence-corrected chi connectivity index (χ0v) is 13.8. The van der Waals surface area contributed by atoms with Gasteiger partial charge in [0.15, 0.2) is 0 Å². The molecule has 1 atom stereocenters. The largest absolute Gasteiger partial charge is 0.405 e. The van der Waals surface area contributed by atoms with Crippen LogP contribution in [0.4, 0.5) is 13.2 Å². The van der Waals surface area contributed by atoms with E-state index in [4.69, 9.17) is 11.6 Å². The second kappa shape index (κ2) is 6.69. The molecule has 1 unspecified atom stereocenters. The van der Waals surface area contributed by atoms with E-state index in [1.165, 1.54) is 0 Å². The maximum atomic E-state index is 13.3. The van der Waals surface area contributed by atoms with Gasteiger partial charge in [0, 0.05) is 11.6 Å². The predicted molar refractivity (Wildman–Crippen MR) is 82.9 cm³/mol. The molecular weight excluding hydrogens is 329 g/mol. The quantitative estimate of drug-likeness (QED) is 0.873. The van der Waals surface area contributed by atoms with Crippen LogP contribution in [0.3, 0.4) is 0 Å². The second-order valence-electron chi connectivity index (χ2n) is 6.53. The highest BCUT2D eigenvalue weighted by atomic mass is 35.5. The van der Waals surface area contributed by atoms with Crippen molar-refractivity contribution in [1.82, 2.24) is 10.4 Å². The maximum absolute atomic E-state index is 13.3. The highest BCUT2D eigenvalue weighted by Gasteiger charge is 2.49. The van der Waals surface area contributed by atoms with Gasteiger partial charge in [-0.1, -0.05) is 23.7 Å². The Balaban J connectivity index is 1.97. The number of benzene rings is 1. The molecule has 0 spiro atoms. The number of aryl methyl sites for hydroxylation is 1. The van der Waals surface area contributed by atoms with Crippen molar-refractivity contribution in [1.29, 1.82) is 0 Å². The molecule has 2 rings (SSSR count). The lowest BCUT2D eigenvalue weighted by Crippen LogP contribution is -2.50. The van der Waals surface area contributed by atoms with Crippen LogP contribution in [0.5, 0.6) is 0 Å². The molecule has 0 aliphatic carbocycles. The molecule has 1 saturated heterocycles. The Kier molecular flexibility index (Phi) is 5.26. The van der Waals surface area contributed by atoms with Crippen LogP contribution in [-0.2, 0) is 11.2 Å². The van der Waals surface area contributed by atoms with E-state index in [0.717, 1.165) is 10.6 Å². The van der Waals surface area contributed by atoms with Crippen LogP contribution in [0.2, 0.25) is 5.02 Å². The van der Waals surface area contributed by atoms with Crippen molar-refractivity contribution in [2.45, 2.75) is 45.3 Å². The minimum Gasteiger partial charge on any atom is -0.288 e. The van der Waals surface area contributed by atoms with E-state index < -0.39 is 17.6 Å². The lowest BCUT2D eigenvalue weighted by Gasteiger charge is -2.29. The van der Waals surface area contributed by atoms with Gasteiger partial charge in [-0.25, -0.2) is 5.01 Å². The molecule has 0 radical (unpaired) electrons. The van der Waals surface area contributed by atoms with E-state index in [9.17, 15) is 18.0 Å². The number of carbonyl (C=O) groups excluding carboxylic acids is 1. The van der Waals surface area contributed by atoms with Gasteiger partial charge < -0.3 is 0 Å². The molecule has 3 nitrogen and oxygen atoms in total. The second-order valence-corrected chi connectivity index (χ2v) is 6.97. The molecule has 7 heteroatoms. The summed E-state index contributed by atoms with van der Waals surface area (Å²) in [5.41, 5.74) is 2.50. The van der Waals surface area contributed by atoms with Gasteiger partial charge in [-0.3, -0.25) is 10.2 Å². The Bertz CT molecular complexity index is 557. The van der Waals surface area contributed by atoms with E-state index in [-0.39, 0.29) is 18.9 Å². The first kappa shape index (κ1) is 18.1. The summed E-state index contributed by atoms with van der Waals surface area (Å²) in [6.07, 6.45) is -3.54. The van der Waals surface area contributed by atoms with Gasteiger partial charge in [0.05, 0.1) is 5.41 Å². The van der Waals surface area contributed by atoms with E-state index in [2.05, 4.69) is 5.43 Å². The Morgan fingerprint density at radius 1 is 1.30 bits per heavy atom. The van der Waals surface area contributed by atoms with Gasteiger partial charge in [0.1, 0.15) is 6.04 Å². The molecule has 0 bridgehead atoms. The fourth-order valence-corrected chi connectivity index (χ4v) is 2.78. The third-order valence-electron chi connectivity index (χ3n) is 4.04. The van der Waals surface area contributed by atoms with Crippen LogP contribution in [-0.4, -0.2) is 29.7 Å². The number of hydrazine groups is 1. The molecule has 1 heterocycles. The van der Waals surface area contributed by atoms with Gasteiger partial charge in [-0.2, -0.15) is 13.2 Å². The van der Waals surface area contributed by atoms with E-state index >= 15 is 0 Å². The van der Waals surface area contributed by atoms with Gasteiger partial charge in [0.25, 0.3) is 0 Å². The summed E-state index contributed by atoms with van der Waals surface area (Å²) in [6.45, 7) is 3.34. The zero-order chi connectivity index (χ0) is 17.3. The minimum absolute atomic E-state index is 0.0525. The molecule has 1 aromatic rings. The first-order valence-corrected chi connectivity index (χ1v) is 7.86. The number of nitrogens with zero attached hydrogens (tertiary/aromatic N) is 1. The number of rotatable bonds is 5. The average molecular weight is 349 g/mol. The van der Waals surface area contributed by atoms with Crippen LogP contribution in [0.25, 0.3) is 0 Å². The van der Waals surface area contributed by atoms with Crippen molar-refractivity contribution in [3.63, 3.8) is 0 Å². The Morgan fingerprint density at radius 3 is 2.39 bits per heavy atom. The summed E-state index contributed by atoms with van der Waals surface area (Å²) in [7, 11) is 0. The number of alkyl halides is 3. The number of hydrogen-bond acceptors (Lipinski definition) is 2. The summed E-state index contributed by atoms with van der Waals surface area (Å²) >= 11 is 5.79. The molecule has 1 aliphatic rings. The smallest absolute Gasteiger partial charge is 0.288 e. The SMILES string of the molecule is CC1(C)CN(C(CCCc2ccc(Cl)cc2)C(F)(F)F)NC1=O. The molecule has 0 saturated carbocycles. The van der Waals surface area contributed by atoms with Crippen molar-refractivity contribution in [2.75, 3.05) is 6.54 Å². The number of hydrogen-bond donors (Lipinski definition) is 1. The predicted octanol–water partition coefficient (Wildman–Crippen LogP) is 3.97. The van der Waals surface area contributed by atoms with Crippen LogP contribution >= 0.6 is 11.6 Å². The Hall–Kier alpha value is -1.27. The molecule has 1 aromatic carbocycles. The summed E-state index contributed by atoms with van der Waals surface area (Å²) in [5, 5.41) is 1.63. The van der Waals surface area contributed by atoms with E-state index in [0.29, 0.717) is 17.9 Å². The van der Waals surface area contributed by atoms with Gasteiger partial charge in [-0.05, 0) is 50.8 Å². The monoisotopic (exact) mass is 348 g/mol. The minimum atomic E-state index is -4.38. The third kappa shape index (κ3) is 4.61. The average Bonchev–Trinajstić information content (AvgIpc) is 2.69. The summed E-state index contributed by atoms with van der Waals surface area (Å²) in [6, 6.07) is 5.40. The molecular formula is C16H20ClF3N2O. The fraction of sp³-hybridized carbons (Fsp3) is 0.562. The van der Waals surface area contributed by atoms with Crippen LogP contribution < -0.4 is 5.43 Å². The molecule has 23 heavy (non-hydrogen) atoms. The van der Waals surface area contributed by atoms with Gasteiger partial charge in [0.2, 0.25) is 5.91 Å². The normalized spacial score (nSPS) is 19.7. The van der Waals surface area contributed by atoms with Crippen LogP contribution in [0.15, 0.2) is 24.3 Å². The summed E-state index contributed by atoms with van der Waals surface area (Å²) in [4.78, 5) is 11.7. The Labute approximate surface area is 138 Å². The first-order chi connectivity index (χ1) is 10.6. The van der Waals surface area contributed by atoms with Crippen LogP contribution in [0.1, 0.15) is 32.3 Å². The lowest BCUT2D eigenvalue weighted by atomic mass is 9.94. The van der Waals surface area contributed by atoms with Crippen molar-refractivity contribution in [3.05, 3.63) is 34.9 Å². The zero-order valence-electron chi connectivity index (χ0n) is 13.1. The lowest BCUT2D eigenvalue weighted by molar-refractivity contribution is -0.190. The molecule has 1 fully saturated rings. The summed E-state index contributed by atoms with van der Waals surface area (Å²) < 4.78 is 40.0. The summed E-state index contributed by atoms with van der Waals surface area (Å²) in [5.74, 6) is -0.371. The topological polar surface area (TPSA) is 32.3 Å².